The van der Waals surface area contributed by atoms with E-state index in [4.69, 9.17) is 0 Å². The Labute approximate surface area is 111 Å². The van der Waals surface area contributed by atoms with Gasteiger partial charge in [0.2, 0.25) is 0 Å². The molecule has 0 aliphatic carbocycles. The van der Waals surface area contributed by atoms with E-state index in [2.05, 4.69) is 52.9 Å². The Balaban J connectivity index is 2.54. The van der Waals surface area contributed by atoms with Crippen LogP contribution < -0.4 is 5.32 Å². The van der Waals surface area contributed by atoms with Crippen LogP contribution in [0.2, 0.25) is 0 Å². The molecule has 0 spiro atoms. The fraction of sp³-hybridized carbons (Fsp3) is 0.733. The van der Waals surface area contributed by atoms with E-state index in [1.807, 2.05) is 11.3 Å². The van der Waals surface area contributed by atoms with Crippen molar-refractivity contribution < 1.29 is 0 Å². The van der Waals surface area contributed by atoms with E-state index < -0.39 is 0 Å². The quantitative estimate of drug-likeness (QED) is 0.765. The zero-order chi connectivity index (χ0) is 13.0. The largest absolute Gasteiger partial charge is 0.308 e. The smallest absolute Gasteiger partial charge is 0.0305 e. The van der Waals surface area contributed by atoms with E-state index in [0.717, 1.165) is 5.92 Å². The third-order valence-corrected chi connectivity index (χ3v) is 4.51. The van der Waals surface area contributed by atoms with Crippen molar-refractivity contribution in [3.8, 4) is 0 Å². The zero-order valence-corrected chi connectivity index (χ0v) is 12.9. The summed E-state index contributed by atoms with van der Waals surface area (Å²) in [7, 11) is 0. The fourth-order valence-corrected chi connectivity index (χ4v) is 3.46. The molecule has 17 heavy (non-hydrogen) atoms. The summed E-state index contributed by atoms with van der Waals surface area (Å²) >= 11 is 1.90. The summed E-state index contributed by atoms with van der Waals surface area (Å²) in [6.07, 6.45) is 2.54. The predicted molar refractivity (Wildman–Crippen MR) is 78.9 cm³/mol. The van der Waals surface area contributed by atoms with Crippen molar-refractivity contribution in [2.24, 2.45) is 5.92 Å². The van der Waals surface area contributed by atoms with Gasteiger partial charge in [-0.05, 0) is 51.7 Å². The van der Waals surface area contributed by atoms with Gasteiger partial charge in [-0.2, -0.15) is 0 Å². The lowest BCUT2D eigenvalue weighted by Gasteiger charge is -2.22. The SMILES string of the molecule is CCC(C)CC(C)NC(C)c1cc(C)sc1C. The average Bonchev–Trinajstić information content (AvgIpc) is 2.57. The molecule has 0 saturated heterocycles. The minimum Gasteiger partial charge on any atom is -0.308 e. The van der Waals surface area contributed by atoms with Crippen molar-refractivity contribution in [3.63, 3.8) is 0 Å². The van der Waals surface area contributed by atoms with Crippen LogP contribution in [0.25, 0.3) is 0 Å². The lowest BCUT2D eigenvalue weighted by molar-refractivity contribution is 0.385. The molecule has 1 heterocycles. The Morgan fingerprint density at radius 3 is 2.35 bits per heavy atom. The van der Waals surface area contributed by atoms with E-state index in [-0.39, 0.29) is 0 Å². The topological polar surface area (TPSA) is 12.0 Å². The van der Waals surface area contributed by atoms with Crippen LogP contribution in [0, 0.1) is 19.8 Å². The molecule has 1 aromatic rings. The molecular formula is C15H27NS. The van der Waals surface area contributed by atoms with Crippen LogP contribution in [-0.2, 0) is 0 Å². The van der Waals surface area contributed by atoms with Crippen LogP contribution in [0.15, 0.2) is 6.07 Å². The summed E-state index contributed by atoms with van der Waals surface area (Å²) in [5.74, 6) is 0.815. The van der Waals surface area contributed by atoms with Crippen LogP contribution >= 0.6 is 11.3 Å². The molecule has 0 radical (unpaired) electrons. The molecule has 1 rings (SSSR count). The molecular weight excluding hydrogens is 226 g/mol. The minimum atomic E-state index is 0.471. The van der Waals surface area contributed by atoms with Crippen LogP contribution in [0.5, 0.6) is 0 Å². The Morgan fingerprint density at radius 2 is 1.88 bits per heavy atom. The van der Waals surface area contributed by atoms with Gasteiger partial charge in [-0.25, -0.2) is 0 Å². The highest BCUT2D eigenvalue weighted by atomic mass is 32.1. The second-order valence-corrected chi connectivity index (χ2v) is 6.87. The first-order chi connectivity index (χ1) is 7.93. The van der Waals surface area contributed by atoms with E-state index in [9.17, 15) is 0 Å². The third-order valence-electron chi connectivity index (χ3n) is 3.53. The highest BCUT2D eigenvalue weighted by Gasteiger charge is 2.14. The molecule has 1 nitrogen and oxygen atoms in total. The van der Waals surface area contributed by atoms with Gasteiger partial charge < -0.3 is 5.32 Å². The molecule has 0 aliphatic heterocycles. The molecule has 1 N–H and O–H groups in total. The Morgan fingerprint density at radius 1 is 1.24 bits per heavy atom. The van der Waals surface area contributed by atoms with Crippen molar-refractivity contribution in [3.05, 3.63) is 21.4 Å². The number of hydrogen-bond donors (Lipinski definition) is 1. The molecule has 0 fully saturated rings. The number of rotatable bonds is 6. The van der Waals surface area contributed by atoms with Crippen molar-refractivity contribution in [2.45, 2.75) is 66.5 Å². The molecule has 0 saturated carbocycles. The fourth-order valence-electron chi connectivity index (χ4n) is 2.44. The van der Waals surface area contributed by atoms with Gasteiger partial charge in [0, 0.05) is 21.8 Å². The maximum Gasteiger partial charge on any atom is 0.0305 e. The predicted octanol–water partition coefficient (Wildman–Crippen LogP) is 4.84. The van der Waals surface area contributed by atoms with Crippen molar-refractivity contribution in [1.29, 1.82) is 0 Å². The van der Waals surface area contributed by atoms with E-state index in [1.54, 1.807) is 0 Å². The monoisotopic (exact) mass is 253 g/mol. The molecule has 0 aliphatic rings. The molecule has 1 aromatic heterocycles. The van der Waals surface area contributed by atoms with Crippen LogP contribution in [0.1, 0.15) is 61.9 Å². The van der Waals surface area contributed by atoms with Gasteiger partial charge >= 0.3 is 0 Å². The van der Waals surface area contributed by atoms with Crippen LogP contribution in [0.4, 0.5) is 0 Å². The number of thiophene rings is 1. The van der Waals surface area contributed by atoms with Crippen molar-refractivity contribution >= 4 is 11.3 Å². The summed E-state index contributed by atoms with van der Waals surface area (Å²) in [5, 5.41) is 3.72. The second-order valence-electron chi connectivity index (χ2n) is 5.41. The van der Waals surface area contributed by atoms with Gasteiger partial charge in [0.15, 0.2) is 0 Å². The number of aryl methyl sites for hydroxylation is 2. The van der Waals surface area contributed by atoms with Gasteiger partial charge in [-0.1, -0.05) is 20.3 Å². The lowest BCUT2D eigenvalue weighted by atomic mass is 9.99. The summed E-state index contributed by atoms with van der Waals surface area (Å²) in [6, 6.07) is 3.40. The first kappa shape index (κ1) is 14.7. The maximum absolute atomic E-state index is 3.72. The zero-order valence-electron chi connectivity index (χ0n) is 12.1. The van der Waals surface area contributed by atoms with Crippen LogP contribution in [0.3, 0.4) is 0 Å². The summed E-state index contributed by atoms with van der Waals surface area (Å²) in [6.45, 7) is 13.6. The first-order valence-corrected chi connectivity index (χ1v) is 7.58. The number of nitrogens with one attached hydrogen (secondary N) is 1. The van der Waals surface area contributed by atoms with Crippen LogP contribution in [-0.4, -0.2) is 6.04 Å². The van der Waals surface area contributed by atoms with Gasteiger partial charge in [0.1, 0.15) is 0 Å². The lowest BCUT2D eigenvalue weighted by Crippen LogP contribution is -2.30. The molecule has 2 heteroatoms. The van der Waals surface area contributed by atoms with E-state index >= 15 is 0 Å². The van der Waals surface area contributed by atoms with E-state index in [0.29, 0.717) is 12.1 Å². The molecule has 3 atom stereocenters. The Bertz CT molecular complexity index is 343. The highest BCUT2D eigenvalue weighted by molar-refractivity contribution is 7.12. The molecule has 0 amide bonds. The average molecular weight is 253 g/mol. The molecule has 0 aromatic carbocycles. The van der Waals surface area contributed by atoms with Crippen molar-refractivity contribution in [2.75, 3.05) is 0 Å². The highest BCUT2D eigenvalue weighted by Crippen LogP contribution is 2.26. The Kier molecular flexibility index (Phi) is 5.68. The Hall–Kier alpha value is -0.340. The first-order valence-electron chi connectivity index (χ1n) is 6.77. The summed E-state index contributed by atoms with van der Waals surface area (Å²) in [5.41, 5.74) is 1.48. The molecule has 98 valence electrons. The third kappa shape index (κ3) is 4.44. The molecule has 3 unspecified atom stereocenters. The number of hydrogen-bond acceptors (Lipinski definition) is 2. The maximum atomic E-state index is 3.72. The second kappa shape index (κ2) is 6.55. The minimum absolute atomic E-state index is 0.471. The van der Waals surface area contributed by atoms with Gasteiger partial charge in [0.25, 0.3) is 0 Å². The van der Waals surface area contributed by atoms with Gasteiger partial charge in [0.05, 0.1) is 0 Å². The van der Waals surface area contributed by atoms with Gasteiger partial charge in [-0.15, -0.1) is 11.3 Å². The normalized spacial score (nSPS) is 16.8. The standard InChI is InChI=1S/C15H27NS/c1-7-10(2)8-11(3)16-13(5)15-9-12(4)17-14(15)6/h9-11,13,16H,7-8H2,1-6H3. The summed E-state index contributed by atoms with van der Waals surface area (Å²) < 4.78 is 0. The van der Waals surface area contributed by atoms with E-state index in [1.165, 1.54) is 28.2 Å². The summed E-state index contributed by atoms with van der Waals surface area (Å²) in [4.78, 5) is 2.87. The van der Waals surface area contributed by atoms with Gasteiger partial charge in [-0.3, -0.25) is 0 Å². The molecule has 0 bridgehead atoms. The van der Waals surface area contributed by atoms with Crippen molar-refractivity contribution in [1.82, 2.24) is 5.32 Å².